The lowest BCUT2D eigenvalue weighted by atomic mass is 9.98. The summed E-state index contributed by atoms with van der Waals surface area (Å²) >= 11 is 0. The third-order valence-electron chi connectivity index (χ3n) is 4.68. The summed E-state index contributed by atoms with van der Waals surface area (Å²) in [5.74, 6) is -3.67. The number of anilines is 1. The molecule has 2 aromatic rings. The fraction of sp³-hybridized carbons (Fsp3) is 0.316. The molecule has 1 atom stereocenters. The Morgan fingerprint density at radius 3 is 2.55 bits per heavy atom. The van der Waals surface area contributed by atoms with E-state index in [4.69, 9.17) is 4.74 Å². The first-order chi connectivity index (χ1) is 13.7. The van der Waals surface area contributed by atoms with E-state index in [0.717, 1.165) is 34.6 Å². The summed E-state index contributed by atoms with van der Waals surface area (Å²) in [7, 11) is -2.86. The van der Waals surface area contributed by atoms with Crippen molar-refractivity contribution in [3.63, 3.8) is 0 Å². The Balaban J connectivity index is 1.80. The lowest BCUT2D eigenvalue weighted by Gasteiger charge is -2.31. The normalized spacial score (nSPS) is 17.7. The Kier molecular flexibility index (Phi) is 6.13. The van der Waals surface area contributed by atoms with Crippen molar-refractivity contribution in [3.8, 4) is 5.75 Å². The molecule has 1 N–H and O–H groups in total. The van der Waals surface area contributed by atoms with Crippen molar-refractivity contribution in [1.82, 2.24) is 4.31 Å². The first kappa shape index (κ1) is 21.1. The lowest BCUT2D eigenvalue weighted by Crippen LogP contribution is -2.43. The van der Waals surface area contributed by atoms with Crippen LogP contribution >= 0.6 is 0 Å². The van der Waals surface area contributed by atoms with Crippen LogP contribution in [0.4, 0.5) is 18.9 Å². The third kappa shape index (κ3) is 4.54. The van der Waals surface area contributed by atoms with Crippen LogP contribution < -0.4 is 10.1 Å². The smallest absolute Gasteiger partial charge is 0.246 e. The number of rotatable bonds is 5. The van der Waals surface area contributed by atoms with E-state index in [-0.39, 0.29) is 29.4 Å². The van der Waals surface area contributed by atoms with Gasteiger partial charge < -0.3 is 10.1 Å². The van der Waals surface area contributed by atoms with Crippen LogP contribution in [0.5, 0.6) is 5.75 Å². The van der Waals surface area contributed by atoms with E-state index in [0.29, 0.717) is 12.8 Å². The lowest BCUT2D eigenvalue weighted by molar-refractivity contribution is -0.120. The highest BCUT2D eigenvalue weighted by Crippen LogP contribution is 2.31. The largest absolute Gasteiger partial charge is 0.495 e. The van der Waals surface area contributed by atoms with E-state index in [9.17, 15) is 26.4 Å². The Labute approximate surface area is 166 Å². The molecule has 1 amide bonds. The van der Waals surface area contributed by atoms with Gasteiger partial charge in [0.25, 0.3) is 0 Å². The summed E-state index contributed by atoms with van der Waals surface area (Å²) < 4.78 is 72.8. The number of carbonyl (C=O) groups excluding carboxylic acids is 1. The molecule has 10 heteroatoms. The van der Waals surface area contributed by atoms with Gasteiger partial charge in [-0.25, -0.2) is 21.6 Å². The van der Waals surface area contributed by atoms with Gasteiger partial charge in [0.15, 0.2) is 0 Å². The van der Waals surface area contributed by atoms with Crippen LogP contribution in [0.15, 0.2) is 41.3 Å². The second-order valence-electron chi connectivity index (χ2n) is 6.61. The van der Waals surface area contributed by atoms with Crippen molar-refractivity contribution in [1.29, 1.82) is 0 Å². The number of nitrogens with one attached hydrogen (secondary N) is 1. The second kappa shape index (κ2) is 8.42. The topological polar surface area (TPSA) is 75.7 Å². The number of carbonyl (C=O) groups is 1. The number of sulfonamides is 1. The van der Waals surface area contributed by atoms with Gasteiger partial charge in [0.1, 0.15) is 28.1 Å². The molecule has 29 heavy (non-hydrogen) atoms. The average Bonchev–Trinajstić information content (AvgIpc) is 2.70. The van der Waals surface area contributed by atoms with Crippen molar-refractivity contribution in [2.24, 2.45) is 5.92 Å². The molecule has 0 bridgehead atoms. The van der Waals surface area contributed by atoms with Crippen LogP contribution in [0, 0.1) is 23.4 Å². The fourth-order valence-corrected chi connectivity index (χ4v) is 4.88. The molecule has 0 saturated carbocycles. The van der Waals surface area contributed by atoms with Gasteiger partial charge in [-0.05, 0) is 43.2 Å². The Hall–Kier alpha value is -2.59. The number of amides is 1. The molecular formula is C19H19F3N2O4S. The van der Waals surface area contributed by atoms with Gasteiger partial charge in [0.05, 0.1) is 18.7 Å². The predicted octanol–water partition coefficient (Wildman–Crippen LogP) is 3.15. The molecule has 3 rings (SSSR count). The highest BCUT2D eigenvalue weighted by atomic mass is 32.2. The Morgan fingerprint density at radius 2 is 1.83 bits per heavy atom. The Bertz CT molecular complexity index is 1030. The fourth-order valence-electron chi connectivity index (χ4n) is 3.19. The number of halogens is 3. The quantitative estimate of drug-likeness (QED) is 0.794. The number of nitrogens with zero attached hydrogens (tertiary/aromatic N) is 1. The molecule has 1 saturated heterocycles. The van der Waals surface area contributed by atoms with Gasteiger partial charge in [-0.2, -0.15) is 4.31 Å². The molecule has 0 aromatic heterocycles. The van der Waals surface area contributed by atoms with Crippen molar-refractivity contribution in [2.45, 2.75) is 17.7 Å². The van der Waals surface area contributed by atoms with Gasteiger partial charge >= 0.3 is 0 Å². The van der Waals surface area contributed by atoms with Crippen molar-refractivity contribution in [2.75, 3.05) is 25.5 Å². The van der Waals surface area contributed by atoms with Crippen LogP contribution in [0.1, 0.15) is 12.8 Å². The van der Waals surface area contributed by atoms with Crippen molar-refractivity contribution in [3.05, 3.63) is 53.8 Å². The minimum absolute atomic E-state index is 0.0141. The molecular weight excluding hydrogens is 409 g/mol. The van der Waals surface area contributed by atoms with E-state index in [2.05, 4.69) is 5.32 Å². The number of hydrogen-bond acceptors (Lipinski definition) is 4. The first-order valence-corrected chi connectivity index (χ1v) is 10.3. The maximum absolute atomic E-state index is 13.8. The van der Waals surface area contributed by atoms with Crippen LogP contribution in [-0.4, -0.2) is 38.8 Å². The molecule has 0 spiro atoms. The molecule has 1 aliphatic heterocycles. The summed E-state index contributed by atoms with van der Waals surface area (Å²) in [5, 5.41) is 2.30. The van der Waals surface area contributed by atoms with Crippen molar-refractivity contribution < 1.29 is 31.1 Å². The SMILES string of the molecule is COc1ccc(F)cc1S(=O)(=O)N1CCC[C@@H](C(=O)Nc2cc(F)ccc2F)C1. The number of piperidine rings is 1. The van der Waals surface area contributed by atoms with Gasteiger partial charge in [-0.1, -0.05) is 0 Å². The zero-order valence-corrected chi connectivity index (χ0v) is 16.3. The van der Waals surface area contributed by atoms with Crippen molar-refractivity contribution >= 4 is 21.6 Å². The number of hydrogen-bond donors (Lipinski definition) is 1. The standard InChI is InChI=1S/C19H19F3N2O4S/c1-28-17-7-5-14(21)10-18(17)29(26,27)24-8-2-3-12(11-24)19(25)23-16-9-13(20)4-6-15(16)22/h4-7,9-10,12H,2-3,8,11H2,1H3,(H,23,25)/t12-/m1/s1. The molecule has 0 aliphatic carbocycles. The molecule has 2 aromatic carbocycles. The molecule has 1 aliphatic rings. The molecule has 0 unspecified atom stereocenters. The summed E-state index contributed by atoms with van der Waals surface area (Å²) in [5.41, 5.74) is -0.318. The zero-order chi connectivity index (χ0) is 21.2. The predicted molar refractivity (Wildman–Crippen MR) is 99.4 cm³/mol. The maximum Gasteiger partial charge on any atom is 0.246 e. The molecule has 0 radical (unpaired) electrons. The number of ether oxygens (including phenoxy) is 1. The summed E-state index contributed by atoms with van der Waals surface area (Å²) in [6.07, 6.45) is 0.746. The number of methoxy groups -OCH3 is 1. The van der Waals surface area contributed by atoms with Crippen LogP contribution in [0.3, 0.4) is 0 Å². The number of benzene rings is 2. The van der Waals surface area contributed by atoms with E-state index in [1.165, 1.54) is 13.2 Å². The zero-order valence-electron chi connectivity index (χ0n) is 15.5. The third-order valence-corrected chi connectivity index (χ3v) is 6.57. The van der Waals surface area contributed by atoms with Crippen LogP contribution in [0.25, 0.3) is 0 Å². The minimum atomic E-state index is -4.13. The van der Waals surface area contributed by atoms with Crippen LogP contribution in [0.2, 0.25) is 0 Å². The minimum Gasteiger partial charge on any atom is -0.495 e. The van der Waals surface area contributed by atoms with Gasteiger partial charge in [0, 0.05) is 19.2 Å². The van der Waals surface area contributed by atoms with E-state index < -0.39 is 39.3 Å². The van der Waals surface area contributed by atoms with Gasteiger partial charge in [-0.15, -0.1) is 0 Å². The second-order valence-corrected chi connectivity index (χ2v) is 8.52. The summed E-state index contributed by atoms with van der Waals surface area (Å²) in [4.78, 5) is 12.2. The highest BCUT2D eigenvalue weighted by Gasteiger charge is 2.35. The summed E-state index contributed by atoms with van der Waals surface area (Å²) in [6.45, 7) is -0.0368. The molecule has 6 nitrogen and oxygen atoms in total. The molecule has 156 valence electrons. The average molecular weight is 428 g/mol. The van der Waals surface area contributed by atoms with Gasteiger partial charge in [0.2, 0.25) is 15.9 Å². The Morgan fingerprint density at radius 1 is 1.14 bits per heavy atom. The highest BCUT2D eigenvalue weighted by molar-refractivity contribution is 7.89. The monoisotopic (exact) mass is 428 g/mol. The van der Waals surface area contributed by atoms with E-state index >= 15 is 0 Å². The maximum atomic E-state index is 13.8. The van der Waals surface area contributed by atoms with E-state index in [1.54, 1.807) is 0 Å². The first-order valence-electron chi connectivity index (χ1n) is 8.82. The molecule has 1 heterocycles. The van der Waals surface area contributed by atoms with E-state index in [1.807, 2.05) is 0 Å². The summed E-state index contributed by atoms with van der Waals surface area (Å²) in [6, 6.07) is 5.81. The van der Waals surface area contributed by atoms with Crippen LogP contribution in [-0.2, 0) is 14.8 Å². The molecule has 1 fully saturated rings. The van der Waals surface area contributed by atoms with Gasteiger partial charge in [-0.3, -0.25) is 4.79 Å².